The summed E-state index contributed by atoms with van der Waals surface area (Å²) in [4.78, 5) is 30.3. The summed E-state index contributed by atoms with van der Waals surface area (Å²) in [6.07, 6.45) is 5.42. The zero-order valence-electron chi connectivity index (χ0n) is 10.4. The molecule has 4 heteroatoms. The van der Waals surface area contributed by atoms with E-state index in [0.29, 0.717) is 5.82 Å². The topological polar surface area (TPSA) is 50.3 Å². The van der Waals surface area contributed by atoms with Gasteiger partial charge < -0.3 is 0 Å². The summed E-state index contributed by atoms with van der Waals surface area (Å²) in [5, 5.41) is 0. The molecule has 2 aliphatic rings. The number of rotatable bonds is 1. The smallest absolute Gasteiger partial charge is 0.238 e. The van der Waals surface area contributed by atoms with Crippen molar-refractivity contribution in [2.45, 2.75) is 32.6 Å². The van der Waals surface area contributed by atoms with Gasteiger partial charge in [0.2, 0.25) is 11.8 Å². The summed E-state index contributed by atoms with van der Waals surface area (Å²) in [6.45, 7) is 1.88. The average molecular weight is 244 g/mol. The van der Waals surface area contributed by atoms with Gasteiger partial charge in [-0.3, -0.25) is 9.59 Å². The molecule has 0 bridgehead atoms. The van der Waals surface area contributed by atoms with Gasteiger partial charge >= 0.3 is 0 Å². The number of nitrogens with zero attached hydrogens (tertiary/aromatic N) is 2. The molecule has 0 radical (unpaired) electrons. The van der Waals surface area contributed by atoms with Gasteiger partial charge in [0, 0.05) is 6.20 Å². The van der Waals surface area contributed by atoms with Crippen LogP contribution in [0.5, 0.6) is 0 Å². The van der Waals surface area contributed by atoms with E-state index in [1.165, 1.54) is 4.90 Å². The fraction of sp³-hybridized carbons (Fsp3) is 0.500. The number of imide groups is 1. The highest BCUT2D eigenvalue weighted by Gasteiger charge is 2.49. The molecule has 2 fully saturated rings. The zero-order chi connectivity index (χ0) is 12.7. The van der Waals surface area contributed by atoms with Gasteiger partial charge in [0.1, 0.15) is 5.82 Å². The van der Waals surface area contributed by atoms with E-state index in [1.807, 2.05) is 19.1 Å². The van der Waals surface area contributed by atoms with Crippen LogP contribution in [-0.2, 0) is 9.59 Å². The van der Waals surface area contributed by atoms with Gasteiger partial charge in [0.05, 0.1) is 11.8 Å². The fourth-order valence-corrected chi connectivity index (χ4v) is 3.08. The molecule has 0 N–H and O–H groups in total. The Bertz CT molecular complexity index is 488. The van der Waals surface area contributed by atoms with E-state index in [-0.39, 0.29) is 23.7 Å². The molecular formula is C14H16N2O2. The van der Waals surface area contributed by atoms with Crippen molar-refractivity contribution in [3.05, 3.63) is 23.9 Å². The lowest BCUT2D eigenvalue weighted by molar-refractivity contribution is -0.122. The molecule has 1 aromatic rings. The molecule has 18 heavy (non-hydrogen) atoms. The zero-order valence-corrected chi connectivity index (χ0v) is 10.4. The Hall–Kier alpha value is -1.71. The van der Waals surface area contributed by atoms with Crippen LogP contribution in [0.2, 0.25) is 0 Å². The minimum atomic E-state index is -0.104. The first-order chi connectivity index (χ1) is 8.70. The number of hydrogen-bond donors (Lipinski definition) is 0. The summed E-state index contributed by atoms with van der Waals surface area (Å²) in [5.41, 5.74) is 0.873. The summed E-state index contributed by atoms with van der Waals surface area (Å²) >= 11 is 0. The third-order valence-corrected chi connectivity index (χ3v) is 4.03. The Morgan fingerprint density at radius 3 is 2.33 bits per heavy atom. The molecule has 3 rings (SSSR count). The van der Waals surface area contributed by atoms with Gasteiger partial charge in [-0.15, -0.1) is 0 Å². The van der Waals surface area contributed by atoms with Crippen molar-refractivity contribution < 1.29 is 9.59 Å². The molecule has 2 unspecified atom stereocenters. The maximum absolute atomic E-state index is 12.4. The third-order valence-electron chi connectivity index (χ3n) is 4.03. The van der Waals surface area contributed by atoms with Crippen LogP contribution in [0.4, 0.5) is 5.82 Å². The number of pyridine rings is 1. The predicted molar refractivity (Wildman–Crippen MR) is 66.9 cm³/mol. The van der Waals surface area contributed by atoms with Crippen molar-refractivity contribution in [2.75, 3.05) is 4.90 Å². The molecule has 0 aromatic carbocycles. The van der Waals surface area contributed by atoms with Crippen molar-refractivity contribution in [3.8, 4) is 0 Å². The van der Waals surface area contributed by atoms with E-state index in [1.54, 1.807) is 6.20 Å². The standard InChI is InChI=1S/C14H16N2O2/c1-9-5-4-8-15-12(9)16-13(17)10-6-2-3-7-11(10)14(16)18/h4-5,8,10-11H,2-3,6-7H2,1H3. The minimum Gasteiger partial charge on any atom is -0.274 e. The van der Waals surface area contributed by atoms with Crippen LogP contribution < -0.4 is 4.90 Å². The second-order valence-corrected chi connectivity index (χ2v) is 5.15. The Labute approximate surface area is 106 Å². The molecule has 4 nitrogen and oxygen atoms in total. The number of aromatic nitrogens is 1. The number of anilines is 1. The van der Waals surface area contributed by atoms with E-state index in [4.69, 9.17) is 0 Å². The Kier molecular flexibility index (Phi) is 2.65. The minimum absolute atomic E-state index is 0.0495. The Morgan fingerprint density at radius 2 is 1.78 bits per heavy atom. The van der Waals surface area contributed by atoms with Gasteiger partial charge in [-0.25, -0.2) is 9.88 Å². The Morgan fingerprint density at radius 1 is 1.17 bits per heavy atom. The largest absolute Gasteiger partial charge is 0.274 e. The van der Waals surface area contributed by atoms with E-state index < -0.39 is 0 Å². The molecule has 1 aliphatic heterocycles. The number of carbonyl (C=O) groups is 2. The number of aryl methyl sites for hydroxylation is 1. The van der Waals surface area contributed by atoms with Gasteiger partial charge in [-0.05, 0) is 31.4 Å². The van der Waals surface area contributed by atoms with Gasteiger partial charge in [0.25, 0.3) is 0 Å². The second kappa shape index (κ2) is 4.19. The molecule has 1 saturated heterocycles. The maximum atomic E-state index is 12.4. The maximum Gasteiger partial charge on any atom is 0.238 e. The molecule has 1 aromatic heterocycles. The summed E-state index contributed by atoms with van der Waals surface area (Å²) in [7, 11) is 0. The van der Waals surface area contributed by atoms with Crippen LogP contribution in [0, 0.1) is 18.8 Å². The van der Waals surface area contributed by atoms with Crippen LogP contribution >= 0.6 is 0 Å². The molecule has 1 saturated carbocycles. The normalized spacial score (nSPS) is 27.5. The van der Waals surface area contributed by atoms with E-state index in [9.17, 15) is 9.59 Å². The predicted octanol–water partition coefficient (Wildman–Crippen LogP) is 2.07. The van der Waals surface area contributed by atoms with E-state index >= 15 is 0 Å². The number of fused-ring (bicyclic) bond motifs is 1. The second-order valence-electron chi connectivity index (χ2n) is 5.15. The average Bonchev–Trinajstić information content (AvgIpc) is 2.64. The SMILES string of the molecule is Cc1cccnc1N1C(=O)C2CCCCC2C1=O. The van der Waals surface area contributed by atoms with Crippen molar-refractivity contribution in [1.82, 2.24) is 4.98 Å². The third kappa shape index (κ3) is 1.55. The van der Waals surface area contributed by atoms with Crippen molar-refractivity contribution in [3.63, 3.8) is 0 Å². The van der Waals surface area contributed by atoms with Crippen molar-refractivity contribution in [2.24, 2.45) is 11.8 Å². The van der Waals surface area contributed by atoms with E-state index in [2.05, 4.69) is 4.98 Å². The lowest BCUT2D eigenvalue weighted by Gasteiger charge is -2.19. The van der Waals surface area contributed by atoms with E-state index in [0.717, 1.165) is 31.2 Å². The molecule has 2 atom stereocenters. The molecule has 1 aliphatic carbocycles. The molecule has 2 amide bonds. The van der Waals surface area contributed by atoms with Crippen LogP contribution in [0.1, 0.15) is 31.2 Å². The molecule has 2 heterocycles. The monoisotopic (exact) mass is 244 g/mol. The first-order valence-corrected chi connectivity index (χ1v) is 6.49. The van der Waals surface area contributed by atoms with Gasteiger partial charge in [-0.1, -0.05) is 18.9 Å². The summed E-state index contributed by atoms with van der Waals surface area (Å²) in [5.74, 6) is 0.209. The number of amides is 2. The quantitative estimate of drug-likeness (QED) is 0.710. The van der Waals surface area contributed by atoms with Crippen LogP contribution in [0.15, 0.2) is 18.3 Å². The molecular weight excluding hydrogens is 228 g/mol. The lowest BCUT2D eigenvalue weighted by Crippen LogP contribution is -2.32. The highest BCUT2D eigenvalue weighted by Crippen LogP contribution is 2.40. The lowest BCUT2D eigenvalue weighted by atomic mass is 9.81. The van der Waals surface area contributed by atoms with Crippen LogP contribution in [0.25, 0.3) is 0 Å². The van der Waals surface area contributed by atoms with Crippen LogP contribution in [0.3, 0.4) is 0 Å². The first kappa shape index (κ1) is 11.4. The first-order valence-electron chi connectivity index (χ1n) is 6.49. The highest BCUT2D eigenvalue weighted by molar-refractivity contribution is 6.21. The van der Waals surface area contributed by atoms with Gasteiger partial charge in [0.15, 0.2) is 0 Å². The van der Waals surface area contributed by atoms with Crippen molar-refractivity contribution in [1.29, 1.82) is 0 Å². The number of carbonyl (C=O) groups excluding carboxylic acids is 2. The molecule has 0 spiro atoms. The highest BCUT2D eigenvalue weighted by atomic mass is 16.2. The molecule has 94 valence electrons. The van der Waals surface area contributed by atoms with Crippen LogP contribution in [-0.4, -0.2) is 16.8 Å². The Balaban J connectivity index is 2.00. The summed E-state index contributed by atoms with van der Waals surface area (Å²) in [6, 6.07) is 3.70. The summed E-state index contributed by atoms with van der Waals surface area (Å²) < 4.78 is 0. The van der Waals surface area contributed by atoms with Gasteiger partial charge in [-0.2, -0.15) is 0 Å². The fourth-order valence-electron chi connectivity index (χ4n) is 3.08. The number of hydrogen-bond acceptors (Lipinski definition) is 3. The van der Waals surface area contributed by atoms with Crippen molar-refractivity contribution >= 4 is 17.6 Å².